The van der Waals surface area contributed by atoms with Crippen LogP contribution in [0.5, 0.6) is 5.75 Å². The van der Waals surface area contributed by atoms with E-state index in [9.17, 15) is 4.79 Å². The summed E-state index contributed by atoms with van der Waals surface area (Å²) in [5.74, 6) is 1.66. The van der Waals surface area contributed by atoms with Crippen molar-refractivity contribution in [3.8, 4) is 5.75 Å². The number of carbonyl (C=O) groups is 1. The summed E-state index contributed by atoms with van der Waals surface area (Å²) in [4.78, 5) is 14.6. The molecule has 2 aliphatic rings. The van der Waals surface area contributed by atoms with E-state index in [-0.39, 0.29) is 5.91 Å². The predicted molar refractivity (Wildman–Crippen MR) is 78.0 cm³/mol. The Balaban J connectivity index is 1.84. The van der Waals surface area contributed by atoms with Gasteiger partial charge in [-0.3, -0.25) is 4.79 Å². The van der Waals surface area contributed by atoms with Crippen LogP contribution in [0.25, 0.3) is 0 Å². The fourth-order valence-electron chi connectivity index (χ4n) is 2.98. The minimum absolute atomic E-state index is 0.156. The number of rotatable bonds is 2. The summed E-state index contributed by atoms with van der Waals surface area (Å²) >= 11 is 3.53. The zero-order chi connectivity index (χ0) is 13.4. The van der Waals surface area contributed by atoms with E-state index < -0.39 is 0 Å². The lowest BCUT2D eigenvalue weighted by Gasteiger charge is -2.25. The largest absolute Gasteiger partial charge is 0.493 e. The van der Waals surface area contributed by atoms with Gasteiger partial charge in [0, 0.05) is 29.9 Å². The molecule has 0 radical (unpaired) electrons. The van der Waals surface area contributed by atoms with Gasteiger partial charge in [0.15, 0.2) is 0 Å². The normalized spacial score (nSPS) is 25.3. The number of halogens is 1. The molecule has 0 spiro atoms. The van der Waals surface area contributed by atoms with E-state index in [1.54, 1.807) is 0 Å². The number of fused-ring (bicyclic) bond motifs is 1. The second kappa shape index (κ2) is 5.16. The zero-order valence-electron chi connectivity index (χ0n) is 11.1. The molecule has 1 amide bonds. The van der Waals surface area contributed by atoms with Crippen LogP contribution in [0.2, 0.25) is 0 Å². The SMILES string of the molecule is CC1CCN(C(=O)c2ccc3c(c2)CCO3)C1CBr. The van der Waals surface area contributed by atoms with Gasteiger partial charge in [-0.25, -0.2) is 0 Å². The summed E-state index contributed by atoms with van der Waals surface area (Å²) in [5.41, 5.74) is 1.96. The van der Waals surface area contributed by atoms with Crippen molar-refractivity contribution in [3.05, 3.63) is 29.3 Å². The molecule has 1 aromatic rings. The van der Waals surface area contributed by atoms with Crippen molar-refractivity contribution in [2.75, 3.05) is 18.5 Å². The molecule has 2 unspecified atom stereocenters. The van der Waals surface area contributed by atoms with Crippen LogP contribution in [0, 0.1) is 5.92 Å². The second-order valence-electron chi connectivity index (χ2n) is 5.41. The molecule has 0 aliphatic carbocycles. The van der Waals surface area contributed by atoms with E-state index in [0.717, 1.165) is 48.2 Å². The molecule has 19 heavy (non-hydrogen) atoms. The lowest BCUT2D eigenvalue weighted by molar-refractivity contribution is 0.0738. The first-order valence-electron chi connectivity index (χ1n) is 6.83. The highest BCUT2D eigenvalue weighted by molar-refractivity contribution is 9.09. The Morgan fingerprint density at radius 1 is 1.53 bits per heavy atom. The van der Waals surface area contributed by atoms with Gasteiger partial charge in [0.25, 0.3) is 5.91 Å². The van der Waals surface area contributed by atoms with E-state index in [4.69, 9.17) is 4.74 Å². The number of amides is 1. The molecule has 0 bridgehead atoms. The van der Waals surface area contributed by atoms with Gasteiger partial charge in [0.1, 0.15) is 5.75 Å². The smallest absolute Gasteiger partial charge is 0.254 e. The first kappa shape index (κ1) is 13.0. The van der Waals surface area contributed by atoms with Gasteiger partial charge in [-0.2, -0.15) is 0 Å². The Hall–Kier alpha value is -1.03. The minimum Gasteiger partial charge on any atom is -0.493 e. The highest BCUT2D eigenvalue weighted by Crippen LogP contribution is 2.30. The molecule has 0 aromatic heterocycles. The van der Waals surface area contributed by atoms with E-state index >= 15 is 0 Å². The molecule has 4 heteroatoms. The Labute approximate surface area is 122 Å². The molecule has 2 aliphatic heterocycles. The van der Waals surface area contributed by atoms with Gasteiger partial charge < -0.3 is 9.64 Å². The fraction of sp³-hybridized carbons (Fsp3) is 0.533. The van der Waals surface area contributed by atoms with Crippen molar-refractivity contribution in [3.63, 3.8) is 0 Å². The standard InChI is InChI=1S/C15H18BrNO2/c1-10-4-6-17(13(10)9-16)15(18)12-2-3-14-11(8-12)5-7-19-14/h2-3,8,10,13H,4-7,9H2,1H3. The van der Waals surface area contributed by atoms with Gasteiger partial charge in [-0.05, 0) is 36.1 Å². The Kier molecular flexibility index (Phi) is 3.52. The number of benzene rings is 1. The third-order valence-corrected chi connectivity index (χ3v) is 4.90. The van der Waals surface area contributed by atoms with Crippen LogP contribution in [0.4, 0.5) is 0 Å². The van der Waals surface area contributed by atoms with Crippen LogP contribution < -0.4 is 4.74 Å². The molecule has 102 valence electrons. The van der Waals surface area contributed by atoms with Gasteiger partial charge in [-0.1, -0.05) is 22.9 Å². The van der Waals surface area contributed by atoms with Crippen molar-refractivity contribution in [2.24, 2.45) is 5.92 Å². The number of alkyl halides is 1. The molecule has 0 saturated carbocycles. The topological polar surface area (TPSA) is 29.5 Å². The average molecular weight is 324 g/mol. The first-order valence-corrected chi connectivity index (χ1v) is 7.95. The van der Waals surface area contributed by atoms with Crippen LogP contribution in [-0.4, -0.2) is 35.3 Å². The van der Waals surface area contributed by atoms with E-state index in [1.807, 2.05) is 23.1 Å². The molecule has 1 aromatic carbocycles. The average Bonchev–Trinajstić information content (AvgIpc) is 3.02. The number of nitrogens with zero attached hydrogens (tertiary/aromatic N) is 1. The molecule has 3 nitrogen and oxygen atoms in total. The minimum atomic E-state index is 0.156. The van der Waals surface area contributed by atoms with E-state index in [2.05, 4.69) is 22.9 Å². The third-order valence-electron chi connectivity index (χ3n) is 4.24. The van der Waals surface area contributed by atoms with Crippen LogP contribution in [0.3, 0.4) is 0 Å². The summed E-state index contributed by atoms with van der Waals surface area (Å²) in [6.07, 6.45) is 2.00. The molecular weight excluding hydrogens is 306 g/mol. The summed E-state index contributed by atoms with van der Waals surface area (Å²) in [6, 6.07) is 6.13. The van der Waals surface area contributed by atoms with Gasteiger partial charge in [0.05, 0.1) is 6.61 Å². The van der Waals surface area contributed by atoms with Gasteiger partial charge >= 0.3 is 0 Å². The number of likely N-dealkylation sites (tertiary alicyclic amines) is 1. The molecule has 3 rings (SSSR count). The maximum Gasteiger partial charge on any atom is 0.254 e. The Morgan fingerprint density at radius 2 is 2.37 bits per heavy atom. The molecule has 2 atom stereocenters. The van der Waals surface area contributed by atoms with Crippen molar-refractivity contribution < 1.29 is 9.53 Å². The Morgan fingerprint density at radius 3 is 3.16 bits per heavy atom. The molecule has 0 N–H and O–H groups in total. The van der Waals surface area contributed by atoms with E-state index in [0.29, 0.717) is 12.0 Å². The maximum atomic E-state index is 12.6. The molecule has 1 fully saturated rings. The second-order valence-corrected chi connectivity index (χ2v) is 6.05. The van der Waals surface area contributed by atoms with Crippen LogP contribution in [-0.2, 0) is 6.42 Å². The zero-order valence-corrected chi connectivity index (χ0v) is 12.6. The lowest BCUT2D eigenvalue weighted by Crippen LogP contribution is -2.38. The summed E-state index contributed by atoms with van der Waals surface area (Å²) in [5, 5.41) is 0.855. The maximum absolute atomic E-state index is 12.6. The van der Waals surface area contributed by atoms with Crippen molar-refractivity contribution in [1.29, 1.82) is 0 Å². The third kappa shape index (κ3) is 2.27. The number of ether oxygens (including phenoxy) is 1. The summed E-state index contributed by atoms with van der Waals surface area (Å²) < 4.78 is 5.49. The fourth-order valence-corrected chi connectivity index (χ4v) is 3.97. The number of carbonyl (C=O) groups excluding carboxylic acids is 1. The number of hydrogen-bond donors (Lipinski definition) is 0. The molecule has 2 heterocycles. The quantitative estimate of drug-likeness (QED) is 0.783. The first-order chi connectivity index (χ1) is 9.20. The van der Waals surface area contributed by atoms with Crippen LogP contribution in [0.1, 0.15) is 29.3 Å². The molecular formula is C15H18BrNO2. The summed E-state index contributed by atoms with van der Waals surface area (Å²) in [7, 11) is 0. The van der Waals surface area contributed by atoms with Crippen molar-refractivity contribution in [2.45, 2.75) is 25.8 Å². The lowest BCUT2D eigenvalue weighted by atomic mass is 10.0. The highest BCUT2D eigenvalue weighted by Gasteiger charge is 2.34. The van der Waals surface area contributed by atoms with Crippen molar-refractivity contribution >= 4 is 21.8 Å². The van der Waals surface area contributed by atoms with Crippen LogP contribution in [0.15, 0.2) is 18.2 Å². The summed E-state index contributed by atoms with van der Waals surface area (Å²) in [6.45, 7) is 3.82. The van der Waals surface area contributed by atoms with Gasteiger partial charge in [-0.15, -0.1) is 0 Å². The number of hydrogen-bond acceptors (Lipinski definition) is 2. The molecule has 1 saturated heterocycles. The predicted octanol–water partition coefficient (Wildman–Crippen LogP) is 2.87. The van der Waals surface area contributed by atoms with Crippen molar-refractivity contribution in [1.82, 2.24) is 4.90 Å². The highest BCUT2D eigenvalue weighted by atomic mass is 79.9. The van der Waals surface area contributed by atoms with E-state index in [1.165, 1.54) is 0 Å². The van der Waals surface area contributed by atoms with Crippen LogP contribution >= 0.6 is 15.9 Å². The Bertz CT molecular complexity index is 503. The monoisotopic (exact) mass is 323 g/mol. The van der Waals surface area contributed by atoms with Gasteiger partial charge in [0.2, 0.25) is 0 Å².